The van der Waals surface area contributed by atoms with Gasteiger partial charge in [0, 0.05) is 0 Å². The molecule has 38 heavy (non-hydrogen) atoms. The average Bonchev–Trinajstić information content (AvgIpc) is 3.73. The molecule has 200 valence electrons. The van der Waals surface area contributed by atoms with Crippen molar-refractivity contribution >= 4 is 7.82 Å². The predicted octanol–water partition coefficient (Wildman–Crippen LogP) is 10.3. The van der Waals surface area contributed by atoms with Gasteiger partial charge in [-0.1, -0.05) is 74.9 Å². The highest BCUT2D eigenvalue weighted by Crippen LogP contribution is 2.51. The minimum Gasteiger partial charge on any atom is -0.386 e. The van der Waals surface area contributed by atoms with Crippen molar-refractivity contribution in [1.82, 2.24) is 0 Å². The Labute approximate surface area is 227 Å². The first-order chi connectivity index (χ1) is 18.6. The zero-order chi connectivity index (χ0) is 25.8. The van der Waals surface area contributed by atoms with Crippen molar-refractivity contribution in [3.63, 3.8) is 0 Å². The van der Waals surface area contributed by atoms with Crippen LogP contribution in [0.3, 0.4) is 0 Å². The number of benzene rings is 3. The Morgan fingerprint density at radius 3 is 1.05 bits per heavy atom. The molecular formula is C33H39O4P. The van der Waals surface area contributed by atoms with Crippen LogP contribution < -0.4 is 13.6 Å². The molecule has 0 aliphatic heterocycles. The molecule has 3 aliphatic carbocycles. The van der Waals surface area contributed by atoms with Gasteiger partial charge in [-0.2, -0.15) is 4.57 Å². The fourth-order valence-corrected chi connectivity index (χ4v) is 7.92. The molecule has 3 aromatic carbocycles. The second kappa shape index (κ2) is 11.6. The first kappa shape index (κ1) is 25.6. The second-order valence-corrected chi connectivity index (χ2v) is 12.8. The lowest BCUT2D eigenvalue weighted by molar-refractivity contribution is 0.298. The van der Waals surface area contributed by atoms with Crippen LogP contribution in [0.15, 0.2) is 72.8 Å². The van der Waals surface area contributed by atoms with Crippen molar-refractivity contribution in [2.24, 2.45) is 0 Å². The monoisotopic (exact) mass is 530 g/mol. The highest BCUT2D eigenvalue weighted by Gasteiger charge is 2.34. The molecule has 0 saturated heterocycles. The Morgan fingerprint density at radius 2 is 0.763 bits per heavy atom. The van der Waals surface area contributed by atoms with Crippen molar-refractivity contribution in [3.05, 3.63) is 89.5 Å². The van der Waals surface area contributed by atoms with Crippen molar-refractivity contribution in [2.75, 3.05) is 0 Å². The first-order valence-electron chi connectivity index (χ1n) is 14.6. The molecule has 0 unspecified atom stereocenters. The van der Waals surface area contributed by atoms with Gasteiger partial charge < -0.3 is 13.6 Å². The van der Waals surface area contributed by atoms with Gasteiger partial charge in [0.2, 0.25) is 0 Å². The van der Waals surface area contributed by atoms with Crippen LogP contribution in [-0.4, -0.2) is 0 Å². The number of phosphoric ester groups is 1. The van der Waals surface area contributed by atoms with E-state index in [1.54, 1.807) is 0 Å². The van der Waals surface area contributed by atoms with E-state index in [-0.39, 0.29) is 0 Å². The van der Waals surface area contributed by atoms with Crippen LogP contribution in [0.25, 0.3) is 0 Å². The lowest BCUT2D eigenvalue weighted by atomic mass is 9.98. The summed E-state index contributed by atoms with van der Waals surface area (Å²) in [4.78, 5) is 0. The lowest BCUT2D eigenvalue weighted by Crippen LogP contribution is -2.08. The number of phosphoric acid groups is 1. The van der Waals surface area contributed by atoms with E-state index < -0.39 is 7.82 Å². The summed E-state index contributed by atoms with van der Waals surface area (Å²) in [6, 6.07) is 24.0. The third-order valence-corrected chi connectivity index (χ3v) is 10.0. The van der Waals surface area contributed by atoms with Crippen molar-refractivity contribution in [1.29, 1.82) is 0 Å². The van der Waals surface area contributed by atoms with E-state index in [0.717, 1.165) is 0 Å². The van der Waals surface area contributed by atoms with E-state index in [1.807, 2.05) is 54.6 Å². The molecule has 0 radical (unpaired) electrons. The van der Waals surface area contributed by atoms with Crippen LogP contribution in [-0.2, 0) is 4.57 Å². The van der Waals surface area contributed by atoms with Gasteiger partial charge in [0.1, 0.15) is 17.2 Å². The van der Waals surface area contributed by atoms with Gasteiger partial charge in [0.25, 0.3) is 0 Å². The van der Waals surface area contributed by atoms with Gasteiger partial charge in [0.05, 0.1) is 0 Å². The van der Waals surface area contributed by atoms with Gasteiger partial charge in [-0.25, -0.2) is 0 Å². The minimum atomic E-state index is -4.04. The van der Waals surface area contributed by atoms with Crippen LogP contribution in [0, 0.1) is 0 Å². The van der Waals surface area contributed by atoms with E-state index in [1.165, 1.54) is 93.7 Å². The highest BCUT2D eigenvalue weighted by molar-refractivity contribution is 7.49. The van der Waals surface area contributed by atoms with E-state index >= 15 is 0 Å². The Bertz CT molecular complexity index is 1110. The summed E-state index contributed by atoms with van der Waals surface area (Å²) < 4.78 is 32.8. The van der Waals surface area contributed by atoms with E-state index in [0.29, 0.717) is 35.0 Å². The molecule has 5 heteroatoms. The topological polar surface area (TPSA) is 44.8 Å². The molecule has 0 aromatic heterocycles. The molecule has 0 heterocycles. The lowest BCUT2D eigenvalue weighted by Gasteiger charge is -2.21. The molecule has 0 spiro atoms. The maximum atomic E-state index is 14.4. The van der Waals surface area contributed by atoms with Gasteiger partial charge >= 0.3 is 7.82 Å². The third kappa shape index (κ3) is 6.12. The smallest absolute Gasteiger partial charge is 0.386 e. The van der Waals surface area contributed by atoms with Gasteiger partial charge in [0.15, 0.2) is 0 Å². The quantitative estimate of drug-likeness (QED) is 0.258. The maximum Gasteiger partial charge on any atom is 0.647 e. The van der Waals surface area contributed by atoms with Crippen LogP contribution >= 0.6 is 7.82 Å². The zero-order valence-electron chi connectivity index (χ0n) is 22.2. The minimum absolute atomic E-state index is 0.525. The third-order valence-electron chi connectivity index (χ3n) is 8.71. The first-order valence-corrected chi connectivity index (χ1v) is 16.1. The summed E-state index contributed by atoms with van der Waals surface area (Å²) in [5, 5.41) is 0. The van der Waals surface area contributed by atoms with E-state index in [9.17, 15) is 4.57 Å². The molecule has 3 aliphatic rings. The predicted molar refractivity (Wildman–Crippen MR) is 152 cm³/mol. The van der Waals surface area contributed by atoms with Crippen molar-refractivity contribution < 1.29 is 18.1 Å². The van der Waals surface area contributed by atoms with E-state index in [2.05, 4.69) is 18.2 Å². The summed E-state index contributed by atoms with van der Waals surface area (Å²) in [6.07, 6.45) is 14.7. The highest BCUT2D eigenvalue weighted by atomic mass is 31.2. The van der Waals surface area contributed by atoms with Gasteiger partial charge in [-0.15, -0.1) is 0 Å². The van der Waals surface area contributed by atoms with Crippen molar-refractivity contribution in [3.8, 4) is 17.2 Å². The molecule has 0 atom stereocenters. The summed E-state index contributed by atoms with van der Waals surface area (Å²) in [6.45, 7) is 0. The number of rotatable bonds is 9. The molecule has 0 N–H and O–H groups in total. The molecule has 4 nitrogen and oxygen atoms in total. The van der Waals surface area contributed by atoms with Crippen LogP contribution in [0.1, 0.15) is 111 Å². The molecule has 6 rings (SSSR count). The molecule has 3 saturated carbocycles. The summed E-state index contributed by atoms with van der Waals surface area (Å²) in [5.74, 6) is 3.17. The largest absolute Gasteiger partial charge is 0.647 e. The Kier molecular flexibility index (Phi) is 7.79. The fraction of sp³-hybridized carbons (Fsp3) is 0.455. The Hall–Kier alpha value is -2.71. The molecule has 0 bridgehead atoms. The van der Waals surface area contributed by atoms with Crippen LogP contribution in [0.5, 0.6) is 17.2 Å². The zero-order valence-corrected chi connectivity index (χ0v) is 23.1. The van der Waals surface area contributed by atoms with Gasteiger partial charge in [-0.3, -0.25) is 0 Å². The van der Waals surface area contributed by atoms with Crippen molar-refractivity contribution in [2.45, 2.75) is 94.8 Å². The molecule has 3 aromatic rings. The SMILES string of the molecule is O=P(Oc1cccc(C2CCCC2)c1)(Oc1cccc(C2CCCC2)c1)Oc1cccc(C2CCCC2)c1. The second-order valence-electron chi connectivity index (χ2n) is 11.4. The number of hydrogen-bond donors (Lipinski definition) is 0. The summed E-state index contributed by atoms with van der Waals surface area (Å²) in [5.41, 5.74) is 3.70. The van der Waals surface area contributed by atoms with Crippen LogP contribution in [0.2, 0.25) is 0 Å². The average molecular weight is 531 g/mol. The summed E-state index contributed by atoms with van der Waals surface area (Å²) >= 11 is 0. The molecular weight excluding hydrogens is 491 g/mol. The molecule has 0 amide bonds. The van der Waals surface area contributed by atoms with Gasteiger partial charge in [-0.05, 0) is 109 Å². The molecule has 3 fully saturated rings. The van der Waals surface area contributed by atoms with Crippen LogP contribution in [0.4, 0.5) is 0 Å². The van der Waals surface area contributed by atoms with E-state index in [4.69, 9.17) is 13.6 Å². The standard InChI is InChI=1S/C33H39O4P/c34-38(35-31-19-7-16-28(22-31)25-10-1-2-11-25,36-32-20-8-17-29(23-32)26-12-3-4-13-26)37-33-21-9-18-30(24-33)27-14-5-6-15-27/h7-9,16-27H,1-6,10-15H2. The Morgan fingerprint density at radius 1 is 0.474 bits per heavy atom. The maximum absolute atomic E-state index is 14.4. The summed E-state index contributed by atoms with van der Waals surface area (Å²) in [7, 11) is -4.04. The fourth-order valence-electron chi connectivity index (χ4n) is 6.70. The number of hydrogen-bond acceptors (Lipinski definition) is 4. The Balaban J connectivity index is 1.28. The normalized spacial score (nSPS) is 19.2.